The van der Waals surface area contributed by atoms with Gasteiger partial charge in [0.25, 0.3) is 0 Å². The fourth-order valence-corrected chi connectivity index (χ4v) is 1.04. The molecule has 0 aliphatic rings. The molecule has 1 nitrogen and oxygen atoms in total. The second-order valence-corrected chi connectivity index (χ2v) is 2.73. The number of phenolic OH excluding ortho intramolecular Hbond substituents is 1. The molecule has 1 aromatic rings. The summed E-state index contributed by atoms with van der Waals surface area (Å²) in [5, 5.41) is 8.94. The first-order valence-corrected chi connectivity index (χ1v) is 3.36. The Morgan fingerprint density at radius 3 is 2.78 bits per heavy atom. The molecule has 0 fully saturated rings. The summed E-state index contributed by atoms with van der Waals surface area (Å²) in [6, 6.07) is 6.25. The van der Waals surface area contributed by atoms with Gasteiger partial charge in [0.1, 0.15) is 5.75 Å². The third-order valence-electron chi connectivity index (χ3n) is 1.02. The number of benzene rings is 1. The van der Waals surface area contributed by atoms with E-state index in [9.17, 15) is 0 Å². The first kappa shape index (κ1) is 6.62. The summed E-state index contributed by atoms with van der Waals surface area (Å²) in [7, 11) is 0. The van der Waals surface area contributed by atoms with E-state index in [0.717, 1.165) is 5.56 Å². The number of hydrogen-bond donors (Lipinski definition) is 1. The normalized spacial score (nSPS) is 9.56. The predicted molar refractivity (Wildman–Crippen MR) is 39.4 cm³/mol. The Bertz CT molecular complexity index is 220. The summed E-state index contributed by atoms with van der Waals surface area (Å²) in [5.74, 6) is 0.167. The number of halogens is 1. The van der Waals surface area contributed by atoms with Crippen molar-refractivity contribution < 1.29 is 5.11 Å². The largest absolute Gasteiger partial charge is 0.506 e. The minimum Gasteiger partial charge on any atom is -0.506 e. The van der Waals surface area contributed by atoms with Crippen LogP contribution in [-0.4, -0.2) is 5.11 Å². The second-order valence-electron chi connectivity index (χ2n) is 1.87. The average Bonchev–Trinajstić information content (AvgIpc) is 1.80. The molecule has 0 saturated heterocycles. The first-order chi connectivity index (χ1) is 4.20. The van der Waals surface area contributed by atoms with E-state index in [4.69, 9.17) is 5.11 Å². The summed E-state index contributed by atoms with van der Waals surface area (Å²) in [4.78, 5) is 0. The zero-order valence-corrected chi connectivity index (χ0v) is 6.57. The summed E-state index contributed by atoms with van der Waals surface area (Å²) in [6.07, 6.45) is 0. The van der Waals surface area contributed by atoms with Crippen molar-refractivity contribution in [1.82, 2.24) is 0 Å². The zero-order valence-electron chi connectivity index (χ0n) is 4.98. The van der Waals surface area contributed by atoms with Gasteiger partial charge in [-0.25, -0.2) is 0 Å². The fourth-order valence-electron chi connectivity index (χ4n) is 0.561. The van der Waals surface area contributed by atoms with E-state index in [0.29, 0.717) is 4.47 Å². The van der Waals surface area contributed by atoms with Gasteiger partial charge in [0.05, 0.1) is 4.47 Å². The first-order valence-electron chi connectivity index (χ1n) is 2.57. The number of aryl methyl sites for hydroxylation is 1. The lowest BCUT2D eigenvalue weighted by Crippen LogP contribution is -1.71. The molecule has 0 unspecified atom stereocenters. The standard InChI is InChI=1S/C7H6BrO/c1-5-2-3-7(9)6(8)4-5/h2,4,9H,1H3. The highest BCUT2D eigenvalue weighted by atomic mass is 79.9. The molecule has 0 aromatic heterocycles. The van der Waals surface area contributed by atoms with Crippen molar-refractivity contribution in [2.75, 3.05) is 0 Å². The van der Waals surface area contributed by atoms with Crippen molar-refractivity contribution in [3.8, 4) is 5.75 Å². The number of aromatic hydroxyl groups is 1. The van der Waals surface area contributed by atoms with Crippen LogP contribution < -0.4 is 0 Å². The van der Waals surface area contributed by atoms with Crippen molar-refractivity contribution in [3.05, 3.63) is 28.2 Å². The molecule has 0 aliphatic carbocycles. The molecule has 0 aliphatic heterocycles. The van der Waals surface area contributed by atoms with E-state index in [1.165, 1.54) is 0 Å². The minimum absolute atomic E-state index is 0.167. The number of rotatable bonds is 0. The van der Waals surface area contributed by atoms with E-state index < -0.39 is 0 Å². The quantitative estimate of drug-likeness (QED) is 0.658. The molecule has 0 heterocycles. The zero-order chi connectivity index (χ0) is 6.85. The van der Waals surface area contributed by atoms with Crippen molar-refractivity contribution in [3.63, 3.8) is 0 Å². The lowest BCUT2D eigenvalue weighted by Gasteiger charge is -1.94. The molecule has 0 atom stereocenters. The Kier molecular flexibility index (Phi) is 1.76. The summed E-state index contributed by atoms with van der Waals surface area (Å²) in [5.41, 5.74) is 1.08. The molecule has 1 rings (SSSR count). The Balaban J connectivity index is 3.17. The van der Waals surface area contributed by atoms with Gasteiger partial charge in [-0.05, 0) is 40.5 Å². The maximum atomic E-state index is 8.94. The highest BCUT2D eigenvalue weighted by Gasteiger charge is 1.94. The molecule has 1 radical (unpaired) electrons. The Morgan fingerprint density at radius 2 is 2.33 bits per heavy atom. The number of hydrogen-bond acceptors (Lipinski definition) is 1. The van der Waals surface area contributed by atoms with Crippen molar-refractivity contribution in [1.29, 1.82) is 0 Å². The number of phenols is 1. The van der Waals surface area contributed by atoms with Crippen LogP contribution in [-0.2, 0) is 0 Å². The van der Waals surface area contributed by atoms with E-state index in [2.05, 4.69) is 22.0 Å². The highest BCUT2D eigenvalue weighted by molar-refractivity contribution is 9.10. The molecule has 0 bridgehead atoms. The van der Waals surface area contributed by atoms with Gasteiger partial charge in [0, 0.05) is 6.07 Å². The van der Waals surface area contributed by atoms with Gasteiger partial charge in [0.15, 0.2) is 0 Å². The van der Waals surface area contributed by atoms with E-state index >= 15 is 0 Å². The molecule has 9 heavy (non-hydrogen) atoms. The molecule has 1 aromatic carbocycles. The monoisotopic (exact) mass is 185 g/mol. The van der Waals surface area contributed by atoms with E-state index in [1.54, 1.807) is 6.07 Å². The van der Waals surface area contributed by atoms with Crippen LogP contribution >= 0.6 is 15.9 Å². The van der Waals surface area contributed by atoms with Crippen LogP contribution in [0, 0.1) is 13.0 Å². The van der Waals surface area contributed by atoms with Crippen LogP contribution in [0.2, 0.25) is 0 Å². The lowest BCUT2D eigenvalue weighted by molar-refractivity contribution is 0.470. The Morgan fingerprint density at radius 1 is 1.67 bits per heavy atom. The molecule has 0 amide bonds. The van der Waals surface area contributed by atoms with Crippen LogP contribution in [0.3, 0.4) is 0 Å². The van der Waals surface area contributed by atoms with Gasteiger partial charge < -0.3 is 5.11 Å². The third kappa shape index (κ3) is 1.45. The lowest BCUT2D eigenvalue weighted by atomic mass is 10.2. The summed E-state index contributed by atoms with van der Waals surface area (Å²) >= 11 is 3.16. The molecular weight excluding hydrogens is 180 g/mol. The second kappa shape index (κ2) is 2.40. The topological polar surface area (TPSA) is 20.2 Å². The molecule has 47 valence electrons. The molecule has 1 N–H and O–H groups in total. The molecular formula is C7H6BrO. The summed E-state index contributed by atoms with van der Waals surface area (Å²) in [6.45, 7) is 1.95. The van der Waals surface area contributed by atoms with Crippen molar-refractivity contribution in [2.24, 2.45) is 0 Å². The van der Waals surface area contributed by atoms with E-state index in [-0.39, 0.29) is 5.75 Å². The van der Waals surface area contributed by atoms with Gasteiger partial charge in [-0.1, -0.05) is 0 Å². The van der Waals surface area contributed by atoms with Gasteiger partial charge in [0.2, 0.25) is 0 Å². The minimum atomic E-state index is 0.167. The van der Waals surface area contributed by atoms with Gasteiger partial charge in [-0.15, -0.1) is 0 Å². The smallest absolute Gasteiger partial charge is 0.137 e. The average molecular weight is 186 g/mol. The maximum absolute atomic E-state index is 8.94. The molecule has 0 spiro atoms. The van der Waals surface area contributed by atoms with E-state index in [1.807, 2.05) is 13.0 Å². The van der Waals surface area contributed by atoms with Crippen molar-refractivity contribution >= 4 is 15.9 Å². The molecule has 0 saturated carbocycles. The predicted octanol–water partition coefficient (Wildman–Crippen LogP) is 2.26. The van der Waals surface area contributed by atoms with Crippen molar-refractivity contribution in [2.45, 2.75) is 6.92 Å². The fraction of sp³-hybridized carbons (Fsp3) is 0.143. The molecule has 2 heteroatoms. The SMILES string of the molecule is Cc1c[c]c(O)c(Br)c1. The van der Waals surface area contributed by atoms with Crippen LogP contribution in [0.5, 0.6) is 5.75 Å². The third-order valence-corrected chi connectivity index (χ3v) is 1.62. The summed E-state index contributed by atoms with van der Waals surface area (Å²) < 4.78 is 0.697. The van der Waals surface area contributed by atoms with Gasteiger partial charge >= 0.3 is 0 Å². The van der Waals surface area contributed by atoms with Crippen LogP contribution in [0.1, 0.15) is 5.56 Å². The van der Waals surface area contributed by atoms with Crippen LogP contribution in [0.15, 0.2) is 16.6 Å². The van der Waals surface area contributed by atoms with Gasteiger partial charge in [-0.2, -0.15) is 0 Å². The Labute approximate surface area is 62.5 Å². The van der Waals surface area contributed by atoms with Crippen LogP contribution in [0.25, 0.3) is 0 Å². The van der Waals surface area contributed by atoms with Gasteiger partial charge in [-0.3, -0.25) is 0 Å². The maximum Gasteiger partial charge on any atom is 0.137 e. The Hall–Kier alpha value is -0.500. The van der Waals surface area contributed by atoms with Crippen LogP contribution in [0.4, 0.5) is 0 Å². The highest BCUT2D eigenvalue weighted by Crippen LogP contribution is 2.22.